The zero-order valence-corrected chi connectivity index (χ0v) is 8.54. The molecule has 0 aliphatic carbocycles. The highest BCUT2D eigenvalue weighted by atomic mass is 79.9. The summed E-state index contributed by atoms with van der Waals surface area (Å²) in [4.78, 5) is 0. The molecule has 0 bridgehead atoms. The Morgan fingerprint density at radius 3 is 2.92 bits per heavy atom. The van der Waals surface area contributed by atoms with Gasteiger partial charge in [-0.05, 0) is 17.7 Å². The van der Waals surface area contributed by atoms with Crippen LogP contribution in [-0.2, 0) is 4.74 Å². The van der Waals surface area contributed by atoms with Crippen molar-refractivity contribution in [3.8, 4) is 0 Å². The van der Waals surface area contributed by atoms with Crippen LogP contribution in [0.2, 0.25) is 0 Å². The van der Waals surface area contributed by atoms with Gasteiger partial charge in [-0.15, -0.1) is 0 Å². The third-order valence-electron chi connectivity index (χ3n) is 1.62. The average Bonchev–Trinajstić information content (AvgIpc) is 2.05. The van der Waals surface area contributed by atoms with Crippen LogP contribution in [0, 0.1) is 0 Å². The van der Waals surface area contributed by atoms with Crippen molar-refractivity contribution < 1.29 is 4.74 Å². The minimum absolute atomic E-state index is 0.0347. The molecule has 0 fully saturated rings. The Morgan fingerprint density at radius 2 is 2.33 bits per heavy atom. The summed E-state index contributed by atoms with van der Waals surface area (Å²) < 4.78 is 6.01. The van der Waals surface area contributed by atoms with E-state index in [1.165, 1.54) is 0 Å². The fourth-order valence-electron chi connectivity index (χ4n) is 1.01. The number of benzene rings is 1. The molecule has 0 aliphatic heterocycles. The molecule has 0 heterocycles. The molecule has 1 aromatic rings. The van der Waals surface area contributed by atoms with Crippen LogP contribution in [-0.4, -0.2) is 13.7 Å². The van der Waals surface area contributed by atoms with Gasteiger partial charge >= 0.3 is 0 Å². The quantitative estimate of drug-likeness (QED) is 0.862. The zero-order chi connectivity index (χ0) is 8.97. The summed E-state index contributed by atoms with van der Waals surface area (Å²) in [5.41, 5.74) is 6.92. The molecule has 0 amide bonds. The smallest absolute Gasteiger partial charge is 0.0655 e. The standard InChI is InChI=1S/C9H12BrNO/c1-12-6-9(11)7-3-2-4-8(10)5-7/h2-5,9H,6,11H2,1H3/t9-/m1/s1. The average molecular weight is 230 g/mol. The van der Waals surface area contributed by atoms with Crippen LogP contribution >= 0.6 is 15.9 Å². The minimum Gasteiger partial charge on any atom is -0.383 e. The predicted molar refractivity (Wildman–Crippen MR) is 52.9 cm³/mol. The van der Waals surface area contributed by atoms with Gasteiger partial charge in [-0.2, -0.15) is 0 Å². The van der Waals surface area contributed by atoms with Gasteiger partial charge in [-0.1, -0.05) is 28.1 Å². The maximum absolute atomic E-state index is 5.83. The van der Waals surface area contributed by atoms with E-state index >= 15 is 0 Å². The van der Waals surface area contributed by atoms with Gasteiger partial charge in [0.05, 0.1) is 12.6 Å². The van der Waals surface area contributed by atoms with E-state index in [2.05, 4.69) is 15.9 Å². The third-order valence-corrected chi connectivity index (χ3v) is 2.12. The lowest BCUT2D eigenvalue weighted by Gasteiger charge is -2.10. The molecule has 0 aliphatic rings. The Kier molecular flexibility index (Phi) is 3.72. The van der Waals surface area contributed by atoms with Crippen molar-refractivity contribution in [1.82, 2.24) is 0 Å². The maximum Gasteiger partial charge on any atom is 0.0655 e. The molecule has 0 saturated carbocycles. The number of ether oxygens (including phenoxy) is 1. The fraction of sp³-hybridized carbons (Fsp3) is 0.333. The first-order chi connectivity index (χ1) is 5.74. The number of methoxy groups -OCH3 is 1. The minimum atomic E-state index is -0.0347. The lowest BCUT2D eigenvalue weighted by atomic mass is 10.1. The zero-order valence-electron chi connectivity index (χ0n) is 6.96. The van der Waals surface area contributed by atoms with Crippen LogP contribution in [0.3, 0.4) is 0 Å². The summed E-state index contributed by atoms with van der Waals surface area (Å²) in [5, 5.41) is 0. The molecular formula is C9H12BrNO. The highest BCUT2D eigenvalue weighted by Crippen LogP contribution is 2.16. The Labute approximate surface area is 80.8 Å². The van der Waals surface area contributed by atoms with Crippen molar-refractivity contribution in [2.75, 3.05) is 13.7 Å². The number of rotatable bonds is 3. The van der Waals surface area contributed by atoms with Gasteiger partial charge in [0.15, 0.2) is 0 Å². The molecule has 1 atom stereocenters. The van der Waals surface area contributed by atoms with E-state index in [-0.39, 0.29) is 6.04 Å². The second-order valence-corrected chi connectivity index (χ2v) is 3.53. The molecule has 66 valence electrons. The van der Waals surface area contributed by atoms with Crippen LogP contribution in [0.15, 0.2) is 28.7 Å². The normalized spacial score (nSPS) is 12.9. The summed E-state index contributed by atoms with van der Waals surface area (Å²) in [6.07, 6.45) is 0. The highest BCUT2D eigenvalue weighted by molar-refractivity contribution is 9.10. The van der Waals surface area contributed by atoms with Gasteiger partial charge in [0.2, 0.25) is 0 Å². The van der Waals surface area contributed by atoms with Crippen molar-refractivity contribution in [3.05, 3.63) is 34.3 Å². The van der Waals surface area contributed by atoms with Crippen LogP contribution < -0.4 is 5.73 Å². The van der Waals surface area contributed by atoms with Gasteiger partial charge in [-0.3, -0.25) is 0 Å². The van der Waals surface area contributed by atoms with E-state index in [0.717, 1.165) is 10.0 Å². The topological polar surface area (TPSA) is 35.2 Å². The summed E-state index contributed by atoms with van der Waals surface area (Å²) in [6, 6.07) is 7.91. The first-order valence-corrected chi connectivity index (χ1v) is 4.53. The first kappa shape index (κ1) is 9.71. The largest absolute Gasteiger partial charge is 0.383 e. The molecule has 2 N–H and O–H groups in total. The van der Waals surface area contributed by atoms with E-state index in [9.17, 15) is 0 Å². The van der Waals surface area contributed by atoms with Gasteiger partial charge in [0, 0.05) is 11.6 Å². The van der Waals surface area contributed by atoms with Crippen molar-refractivity contribution in [2.24, 2.45) is 5.73 Å². The molecule has 2 nitrogen and oxygen atoms in total. The van der Waals surface area contributed by atoms with E-state index in [0.29, 0.717) is 6.61 Å². The van der Waals surface area contributed by atoms with E-state index in [1.54, 1.807) is 7.11 Å². The lowest BCUT2D eigenvalue weighted by Crippen LogP contribution is -2.15. The van der Waals surface area contributed by atoms with Crippen LogP contribution in [0.1, 0.15) is 11.6 Å². The number of hydrogen-bond acceptors (Lipinski definition) is 2. The molecule has 3 heteroatoms. The fourth-order valence-corrected chi connectivity index (χ4v) is 1.43. The summed E-state index contributed by atoms with van der Waals surface area (Å²) in [6.45, 7) is 0.552. The van der Waals surface area contributed by atoms with Crippen molar-refractivity contribution in [2.45, 2.75) is 6.04 Å². The SMILES string of the molecule is COC[C@@H](N)c1cccc(Br)c1. The van der Waals surface area contributed by atoms with E-state index < -0.39 is 0 Å². The number of nitrogens with two attached hydrogens (primary N) is 1. The summed E-state index contributed by atoms with van der Waals surface area (Å²) in [7, 11) is 1.65. The lowest BCUT2D eigenvalue weighted by molar-refractivity contribution is 0.181. The molecule has 0 unspecified atom stereocenters. The molecule has 0 spiro atoms. The van der Waals surface area contributed by atoms with Gasteiger partial charge in [-0.25, -0.2) is 0 Å². The molecular weight excluding hydrogens is 218 g/mol. The Balaban J connectivity index is 2.73. The molecule has 1 rings (SSSR count). The van der Waals surface area contributed by atoms with Gasteiger partial charge < -0.3 is 10.5 Å². The first-order valence-electron chi connectivity index (χ1n) is 3.74. The van der Waals surface area contributed by atoms with Crippen molar-refractivity contribution in [1.29, 1.82) is 0 Å². The molecule has 0 saturated heterocycles. The molecule has 0 radical (unpaired) electrons. The summed E-state index contributed by atoms with van der Waals surface area (Å²) >= 11 is 3.39. The number of hydrogen-bond donors (Lipinski definition) is 1. The maximum atomic E-state index is 5.83. The Morgan fingerprint density at radius 1 is 1.58 bits per heavy atom. The Bertz CT molecular complexity index is 252. The molecule has 0 aromatic heterocycles. The second-order valence-electron chi connectivity index (χ2n) is 2.62. The van der Waals surface area contributed by atoms with Gasteiger partial charge in [0.1, 0.15) is 0 Å². The van der Waals surface area contributed by atoms with Crippen LogP contribution in [0.25, 0.3) is 0 Å². The predicted octanol–water partition coefficient (Wildman–Crippen LogP) is 2.10. The summed E-state index contributed by atoms with van der Waals surface area (Å²) in [5.74, 6) is 0. The van der Waals surface area contributed by atoms with E-state index in [1.807, 2.05) is 24.3 Å². The molecule has 1 aromatic carbocycles. The van der Waals surface area contributed by atoms with Crippen molar-refractivity contribution in [3.63, 3.8) is 0 Å². The van der Waals surface area contributed by atoms with Gasteiger partial charge in [0.25, 0.3) is 0 Å². The Hall–Kier alpha value is -0.380. The third kappa shape index (κ3) is 2.59. The highest BCUT2D eigenvalue weighted by Gasteiger charge is 2.04. The van der Waals surface area contributed by atoms with E-state index in [4.69, 9.17) is 10.5 Å². The van der Waals surface area contributed by atoms with Crippen LogP contribution in [0.5, 0.6) is 0 Å². The van der Waals surface area contributed by atoms with Crippen LogP contribution in [0.4, 0.5) is 0 Å². The number of halogens is 1. The molecule has 12 heavy (non-hydrogen) atoms. The van der Waals surface area contributed by atoms with Crippen molar-refractivity contribution >= 4 is 15.9 Å². The second kappa shape index (κ2) is 4.60. The monoisotopic (exact) mass is 229 g/mol.